The smallest absolute Gasteiger partial charge is 0.306 e. The third-order valence-electron chi connectivity index (χ3n) is 4.67. The molecule has 0 spiro atoms. The van der Waals surface area contributed by atoms with Crippen molar-refractivity contribution in [3.8, 4) is 11.5 Å². The Bertz CT molecular complexity index is 1010. The Morgan fingerprint density at radius 2 is 1.86 bits per heavy atom. The van der Waals surface area contributed by atoms with Gasteiger partial charge >= 0.3 is 5.97 Å². The number of carbonyl (C=O) groups excluding carboxylic acids is 1. The van der Waals surface area contributed by atoms with Gasteiger partial charge in [0.25, 0.3) is 5.56 Å². The highest BCUT2D eigenvalue weighted by atomic mass is 16.5. The number of aromatic nitrogens is 2. The fourth-order valence-corrected chi connectivity index (χ4v) is 3.27. The van der Waals surface area contributed by atoms with E-state index < -0.39 is 11.9 Å². The molecule has 2 aromatic carbocycles. The Labute approximate surface area is 161 Å². The molecule has 3 aromatic rings. The molecule has 1 heterocycles. The molecule has 1 aromatic heterocycles. The molecule has 0 aliphatic rings. The standard InChI is InChI=1S/C21H22N2O5/c1-27-18-9-8-14(11-17(18)24)15(12-19(25)28-2)20-16(22-23-21(20)26)10-13-6-4-3-5-7-13/h3-9,11,15,24H,10,12H2,1-2H3,(H2,22,23,26). The van der Waals surface area contributed by atoms with Crippen LogP contribution in [-0.2, 0) is 16.0 Å². The Morgan fingerprint density at radius 3 is 2.50 bits per heavy atom. The SMILES string of the molecule is COC(=O)CC(c1ccc(OC)c(O)c1)c1c(Cc2ccccc2)[nH][nH]c1=O. The molecule has 0 amide bonds. The predicted octanol–water partition coefficient (Wildman–Crippen LogP) is 2.70. The van der Waals surface area contributed by atoms with Gasteiger partial charge in [0, 0.05) is 23.6 Å². The second kappa shape index (κ2) is 8.47. The number of carbonyl (C=O) groups is 1. The minimum atomic E-state index is -0.585. The Morgan fingerprint density at radius 1 is 1.11 bits per heavy atom. The summed E-state index contributed by atoms with van der Waals surface area (Å²) >= 11 is 0. The molecule has 1 unspecified atom stereocenters. The number of benzene rings is 2. The topological polar surface area (TPSA) is 104 Å². The van der Waals surface area contributed by atoms with E-state index >= 15 is 0 Å². The van der Waals surface area contributed by atoms with Crippen LogP contribution in [-0.4, -0.2) is 35.5 Å². The number of rotatable bonds is 7. The van der Waals surface area contributed by atoms with Crippen molar-refractivity contribution in [2.75, 3.05) is 14.2 Å². The van der Waals surface area contributed by atoms with Gasteiger partial charge in [-0.2, -0.15) is 0 Å². The Kier molecular flexibility index (Phi) is 5.84. The summed E-state index contributed by atoms with van der Waals surface area (Å²) in [7, 11) is 2.76. The number of esters is 1. The van der Waals surface area contributed by atoms with Crippen molar-refractivity contribution in [3.05, 3.63) is 81.3 Å². The number of aromatic amines is 2. The number of hydrogen-bond acceptors (Lipinski definition) is 5. The molecule has 0 radical (unpaired) electrons. The van der Waals surface area contributed by atoms with Crippen LogP contribution in [0.4, 0.5) is 0 Å². The quantitative estimate of drug-likeness (QED) is 0.545. The number of methoxy groups -OCH3 is 2. The van der Waals surface area contributed by atoms with Crippen molar-refractivity contribution in [2.24, 2.45) is 0 Å². The van der Waals surface area contributed by atoms with Crippen molar-refractivity contribution < 1.29 is 19.4 Å². The average Bonchev–Trinajstić information content (AvgIpc) is 3.06. The fraction of sp³-hybridized carbons (Fsp3) is 0.238. The molecule has 3 rings (SSSR count). The first-order valence-corrected chi connectivity index (χ1v) is 8.80. The summed E-state index contributed by atoms with van der Waals surface area (Å²) in [5, 5.41) is 15.7. The van der Waals surface area contributed by atoms with E-state index in [1.807, 2.05) is 30.3 Å². The lowest BCUT2D eigenvalue weighted by molar-refractivity contribution is -0.140. The van der Waals surface area contributed by atoms with E-state index in [1.165, 1.54) is 20.3 Å². The number of hydrogen-bond donors (Lipinski definition) is 3. The van der Waals surface area contributed by atoms with Crippen LogP contribution >= 0.6 is 0 Å². The normalized spacial score (nSPS) is 11.8. The lowest BCUT2D eigenvalue weighted by Crippen LogP contribution is -2.18. The van der Waals surface area contributed by atoms with Crippen molar-refractivity contribution in [1.29, 1.82) is 0 Å². The van der Waals surface area contributed by atoms with Crippen LogP contribution in [0.3, 0.4) is 0 Å². The maximum atomic E-state index is 12.6. The maximum absolute atomic E-state index is 12.6. The fourth-order valence-electron chi connectivity index (χ4n) is 3.27. The second-order valence-corrected chi connectivity index (χ2v) is 6.40. The molecule has 0 saturated heterocycles. The summed E-state index contributed by atoms with van der Waals surface area (Å²) in [4.78, 5) is 24.6. The van der Waals surface area contributed by atoms with Crippen molar-refractivity contribution >= 4 is 5.97 Å². The number of phenols is 1. The molecule has 146 valence electrons. The molecular formula is C21H22N2O5. The zero-order valence-electron chi connectivity index (χ0n) is 15.7. The van der Waals surface area contributed by atoms with E-state index in [0.29, 0.717) is 29.0 Å². The molecule has 1 atom stereocenters. The van der Waals surface area contributed by atoms with Crippen molar-refractivity contribution in [2.45, 2.75) is 18.8 Å². The van der Waals surface area contributed by atoms with Crippen molar-refractivity contribution in [3.63, 3.8) is 0 Å². The number of ether oxygens (including phenoxy) is 2. The Hall–Kier alpha value is -3.48. The highest BCUT2D eigenvalue weighted by Gasteiger charge is 2.26. The summed E-state index contributed by atoms with van der Waals surface area (Å²) in [5.74, 6) is -0.788. The van der Waals surface area contributed by atoms with Gasteiger partial charge in [-0.1, -0.05) is 36.4 Å². The molecule has 0 aliphatic carbocycles. The van der Waals surface area contributed by atoms with Gasteiger partial charge in [-0.25, -0.2) is 0 Å². The molecule has 7 heteroatoms. The first-order chi connectivity index (χ1) is 13.5. The molecule has 0 saturated carbocycles. The van der Waals surface area contributed by atoms with Crippen LogP contribution in [0.1, 0.15) is 34.7 Å². The van der Waals surface area contributed by atoms with Gasteiger partial charge < -0.3 is 19.7 Å². The number of phenolic OH excluding ortho intramolecular Hbond substituents is 1. The van der Waals surface area contributed by atoms with Crippen LogP contribution < -0.4 is 10.3 Å². The molecule has 7 nitrogen and oxygen atoms in total. The molecule has 0 bridgehead atoms. The van der Waals surface area contributed by atoms with E-state index in [9.17, 15) is 14.7 Å². The van der Waals surface area contributed by atoms with Gasteiger partial charge in [0.1, 0.15) is 0 Å². The lowest BCUT2D eigenvalue weighted by Gasteiger charge is -2.17. The second-order valence-electron chi connectivity index (χ2n) is 6.40. The predicted molar refractivity (Wildman–Crippen MR) is 104 cm³/mol. The van der Waals surface area contributed by atoms with Crippen molar-refractivity contribution in [1.82, 2.24) is 10.2 Å². The summed E-state index contributed by atoms with van der Waals surface area (Å²) in [6, 6.07) is 14.5. The Balaban J connectivity index is 2.06. The van der Waals surface area contributed by atoms with Crippen LogP contribution in [0.2, 0.25) is 0 Å². The van der Waals surface area contributed by atoms with E-state index in [-0.39, 0.29) is 17.7 Å². The van der Waals surface area contributed by atoms with E-state index in [1.54, 1.807) is 12.1 Å². The van der Waals surface area contributed by atoms with Crippen LogP contribution in [0.25, 0.3) is 0 Å². The molecular weight excluding hydrogens is 360 g/mol. The lowest BCUT2D eigenvalue weighted by atomic mass is 9.87. The van der Waals surface area contributed by atoms with E-state index in [4.69, 9.17) is 9.47 Å². The zero-order chi connectivity index (χ0) is 20.1. The van der Waals surface area contributed by atoms with Gasteiger partial charge in [0.15, 0.2) is 11.5 Å². The highest BCUT2D eigenvalue weighted by Crippen LogP contribution is 2.34. The summed E-state index contributed by atoms with van der Waals surface area (Å²) in [5.41, 5.74) is 2.45. The maximum Gasteiger partial charge on any atom is 0.306 e. The third kappa shape index (κ3) is 4.09. The summed E-state index contributed by atoms with van der Waals surface area (Å²) < 4.78 is 9.91. The number of H-pyrrole nitrogens is 2. The van der Waals surface area contributed by atoms with Crippen LogP contribution in [0.15, 0.2) is 53.3 Å². The summed E-state index contributed by atoms with van der Waals surface area (Å²) in [6.45, 7) is 0. The number of aromatic hydroxyl groups is 1. The minimum Gasteiger partial charge on any atom is -0.504 e. The number of nitrogens with one attached hydrogen (secondary N) is 2. The highest BCUT2D eigenvalue weighted by molar-refractivity contribution is 5.71. The van der Waals surface area contributed by atoms with E-state index in [0.717, 1.165) is 5.56 Å². The minimum absolute atomic E-state index is 0.0367. The molecule has 0 aliphatic heterocycles. The monoisotopic (exact) mass is 382 g/mol. The molecule has 28 heavy (non-hydrogen) atoms. The zero-order valence-corrected chi connectivity index (χ0v) is 15.7. The van der Waals surface area contributed by atoms with Gasteiger partial charge in [0.2, 0.25) is 0 Å². The molecule has 0 fully saturated rings. The third-order valence-corrected chi connectivity index (χ3v) is 4.67. The largest absolute Gasteiger partial charge is 0.504 e. The first kappa shape index (κ1) is 19.3. The average molecular weight is 382 g/mol. The summed E-state index contributed by atoms with van der Waals surface area (Å²) in [6.07, 6.45) is 0.458. The van der Waals surface area contributed by atoms with Crippen LogP contribution in [0, 0.1) is 0 Å². The van der Waals surface area contributed by atoms with Gasteiger partial charge in [-0.15, -0.1) is 0 Å². The molecule has 3 N–H and O–H groups in total. The van der Waals surface area contributed by atoms with Gasteiger partial charge in [-0.05, 0) is 23.3 Å². The van der Waals surface area contributed by atoms with Gasteiger partial charge in [-0.3, -0.25) is 14.7 Å². The van der Waals surface area contributed by atoms with Gasteiger partial charge in [0.05, 0.1) is 20.6 Å². The first-order valence-electron chi connectivity index (χ1n) is 8.80. The van der Waals surface area contributed by atoms with E-state index in [2.05, 4.69) is 10.2 Å². The van der Waals surface area contributed by atoms with Crippen LogP contribution in [0.5, 0.6) is 11.5 Å².